The molecule has 186 valence electrons. The van der Waals surface area contributed by atoms with E-state index in [4.69, 9.17) is 5.11 Å². The van der Waals surface area contributed by atoms with Gasteiger partial charge in [0.25, 0.3) is 5.91 Å². The zero-order chi connectivity index (χ0) is 26.4. The molecule has 4 aromatic carbocycles. The Morgan fingerprint density at radius 3 is 2.03 bits per heavy atom. The molecule has 1 N–H and O–H groups in total. The number of halogens is 1. The molecule has 0 spiro atoms. The highest BCUT2D eigenvalue weighted by molar-refractivity contribution is 6.06. The average Bonchev–Trinajstić information content (AvgIpc) is 2.91. The largest absolute Gasteiger partial charge is 0.478 e. The second kappa shape index (κ2) is 11.4. The van der Waals surface area contributed by atoms with E-state index in [1.807, 2.05) is 43.3 Å². The summed E-state index contributed by atoms with van der Waals surface area (Å²) in [6, 6.07) is 28.8. The van der Waals surface area contributed by atoms with Crippen LogP contribution in [0.1, 0.15) is 21.5 Å². The van der Waals surface area contributed by atoms with E-state index in [1.165, 1.54) is 30.3 Å². The summed E-state index contributed by atoms with van der Waals surface area (Å²) in [5.41, 5.74) is 5.79. The van der Waals surface area contributed by atoms with Crippen LogP contribution >= 0.6 is 0 Å². The van der Waals surface area contributed by atoms with Crippen LogP contribution in [0.2, 0.25) is 0 Å². The molecule has 4 aromatic rings. The number of rotatable bonds is 8. The van der Waals surface area contributed by atoms with Crippen molar-refractivity contribution in [3.05, 3.63) is 126 Å². The number of carboxylic acids is 1. The molecule has 0 aliphatic heterocycles. The number of hydrogen-bond acceptors (Lipinski definition) is 3. The topological polar surface area (TPSA) is 60.9 Å². The van der Waals surface area contributed by atoms with Crippen molar-refractivity contribution in [3.8, 4) is 11.1 Å². The van der Waals surface area contributed by atoms with Gasteiger partial charge in [-0.25, -0.2) is 9.18 Å². The highest BCUT2D eigenvalue weighted by Crippen LogP contribution is 2.26. The normalized spacial score (nSPS) is 10.9. The first-order chi connectivity index (χ1) is 17.8. The van der Waals surface area contributed by atoms with Gasteiger partial charge in [-0.1, -0.05) is 48.5 Å². The third kappa shape index (κ3) is 6.49. The molecule has 0 bridgehead atoms. The van der Waals surface area contributed by atoms with Crippen molar-refractivity contribution >= 4 is 29.3 Å². The molecular weight excluding hydrogens is 467 g/mol. The molecule has 0 aromatic heterocycles. The van der Waals surface area contributed by atoms with Crippen molar-refractivity contribution in [2.24, 2.45) is 0 Å². The van der Waals surface area contributed by atoms with Gasteiger partial charge in [-0.3, -0.25) is 4.79 Å². The lowest BCUT2D eigenvalue weighted by Crippen LogP contribution is -2.30. The van der Waals surface area contributed by atoms with E-state index >= 15 is 0 Å². The van der Waals surface area contributed by atoms with E-state index in [1.54, 1.807) is 29.2 Å². The predicted molar refractivity (Wildman–Crippen MR) is 146 cm³/mol. The highest BCUT2D eigenvalue weighted by Gasteiger charge is 2.19. The van der Waals surface area contributed by atoms with E-state index in [-0.39, 0.29) is 12.5 Å². The summed E-state index contributed by atoms with van der Waals surface area (Å²) in [5, 5.41) is 8.97. The first-order valence-corrected chi connectivity index (χ1v) is 11.8. The van der Waals surface area contributed by atoms with Crippen LogP contribution in [0.3, 0.4) is 0 Å². The van der Waals surface area contributed by atoms with Gasteiger partial charge in [-0.15, -0.1) is 0 Å². The molecule has 0 radical (unpaired) electrons. The molecule has 4 rings (SSSR count). The fourth-order valence-corrected chi connectivity index (χ4v) is 3.93. The van der Waals surface area contributed by atoms with Crippen molar-refractivity contribution in [2.45, 2.75) is 6.54 Å². The molecule has 0 saturated carbocycles. The van der Waals surface area contributed by atoms with Crippen LogP contribution in [-0.2, 0) is 11.3 Å². The Morgan fingerprint density at radius 2 is 1.43 bits per heavy atom. The SMILES string of the molecule is CN(C)c1ccc(-c2ccc(CN(C(=O)c3ccc(F)cc3)c3cccc(/C=C/C(=O)O)c3)cc2)cc1. The fraction of sp³-hybridized carbons (Fsp3) is 0.0968. The van der Waals surface area contributed by atoms with Crippen molar-refractivity contribution in [3.63, 3.8) is 0 Å². The first kappa shape index (κ1) is 25.4. The number of nitrogens with zero attached hydrogens (tertiary/aromatic N) is 2. The Balaban J connectivity index is 1.63. The Labute approximate surface area is 215 Å². The molecule has 0 heterocycles. The fourth-order valence-electron chi connectivity index (χ4n) is 3.93. The minimum Gasteiger partial charge on any atom is -0.478 e. The van der Waals surface area contributed by atoms with E-state index in [9.17, 15) is 14.0 Å². The zero-order valence-corrected chi connectivity index (χ0v) is 20.6. The highest BCUT2D eigenvalue weighted by atomic mass is 19.1. The number of benzene rings is 4. The summed E-state index contributed by atoms with van der Waals surface area (Å²) < 4.78 is 13.5. The van der Waals surface area contributed by atoms with Crippen LogP contribution in [0.25, 0.3) is 17.2 Å². The van der Waals surface area contributed by atoms with Crippen LogP contribution in [0.5, 0.6) is 0 Å². The van der Waals surface area contributed by atoms with Gasteiger partial charge < -0.3 is 14.9 Å². The predicted octanol–water partition coefficient (Wildman–Crippen LogP) is 6.50. The quantitative estimate of drug-likeness (QED) is 0.284. The standard InChI is InChI=1S/C31H27FN2O3/c1-33(2)28-17-13-25(14-18-28)24-9-6-23(7-10-24)21-34(31(37)26-11-15-27(32)16-12-26)29-5-3-4-22(20-29)8-19-30(35)36/h3-20H,21H2,1-2H3,(H,35,36)/b19-8+. The summed E-state index contributed by atoms with van der Waals surface area (Å²) in [6.07, 6.45) is 2.53. The second-order valence-electron chi connectivity index (χ2n) is 8.80. The smallest absolute Gasteiger partial charge is 0.328 e. The van der Waals surface area contributed by atoms with Gasteiger partial charge in [0.2, 0.25) is 0 Å². The number of carbonyl (C=O) groups is 2. The van der Waals surface area contributed by atoms with E-state index in [0.717, 1.165) is 28.5 Å². The van der Waals surface area contributed by atoms with Gasteiger partial charge in [0, 0.05) is 37.1 Å². The Morgan fingerprint density at radius 1 is 0.811 bits per heavy atom. The maximum Gasteiger partial charge on any atom is 0.328 e. The number of amides is 1. The lowest BCUT2D eigenvalue weighted by molar-refractivity contribution is -0.131. The van der Waals surface area contributed by atoms with Crippen LogP contribution in [0, 0.1) is 5.82 Å². The molecular formula is C31H27FN2O3. The van der Waals surface area contributed by atoms with Crippen molar-refractivity contribution < 1.29 is 19.1 Å². The number of carbonyl (C=O) groups excluding carboxylic acids is 1. The van der Waals surface area contributed by atoms with Gasteiger partial charge in [0.1, 0.15) is 5.82 Å². The van der Waals surface area contributed by atoms with E-state index < -0.39 is 11.8 Å². The molecule has 0 fully saturated rings. The number of anilines is 2. The van der Waals surface area contributed by atoms with Crippen molar-refractivity contribution in [1.82, 2.24) is 0 Å². The van der Waals surface area contributed by atoms with Gasteiger partial charge >= 0.3 is 5.97 Å². The molecule has 0 saturated heterocycles. The molecule has 0 aliphatic rings. The molecule has 0 atom stereocenters. The Bertz CT molecular complexity index is 1410. The van der Waals surface area contributed by atoms with Crippen LogP contribution in [-0.4, -0.2) is 31.1 Å². The Kier molecular flexibility index (Phi) is 7.79. The third-order valence-electron chi connectivity index (χ3n) is 5.95. The first-order valence-electron chi connectivity index (χ1n) is 11.8. The number of carboxylic acid groups (broad SMARTS) is 1. The Hall–Kier alpha value is -4.71. The molecule has 0 aliphatic carbocycles. The van der Waals surface area contributed by atoms with E-state index in [2.05, 4.69) is 24.3 Å². The molecule has 37 heavy (non-hydrogen) atoms. The summed E-state index contributed by atoms with van der Waals surface area (Å²) in [6.45, 7) is 0.280. The third-order valence-corrected chi connectivity index (χ3v) is 5.95. The van der Waals surface area contributed by atoms with Crippen LogP contribution in [0.4, 0.5) is 15.8 Å². The van der Waals surface area contributed by atoms with Gasteiger partial charge in [0.05, 0.1) is 6.54 Å². The van der Waals surface area contributed by atoms with Gasteiger partial charge in [-0.2, -0.15) is 0 Å². The summed E-state index contributed by atoms with van der Waals surface area (Å²) in [7, 11) is 4.00. The monoisotopic (exact) mass is 494 g/mol. The van der Waals surface area contributed by atoms with E-state index in [0.29, 0.717) is 16.8 Å². The second-order valence-corrected chi connectivity index (χ2v) is 8.80. The van der Waals surface area contributed by atoms with Crippen LogP contribution in [0.15, 0.2) is 103 Å². The number of aliphatic carboxylic acids is 1. The maximum absolute atomic E-state index is 13.5. The summed E-state index contributed by atoms with van der Waals surface area (Å²) >= 11 is 0. The van der Waals surface area contributed by atoms with Gasteiger partial charge in [0.15, 0.2) is 0 Å². The lowest BCUT2D eigenvalue weighted by Gasteiger charge is -2.24. The maximum atomic E-state index is 13.5. The van der Waals surface area contributed by atoms with Crippen molar-refractivity contribution in [1.29, 1.82) is 0 Å². The zero-order valence-electron chi connectivity index (χ0n) is 20.6. The summed E-state index contributed by atoms with van der Waals surface area (Å²) in [5.74, 6) is -1.76. The van der Waals surface area contributed by atoms with Crippen LogP contribution < -0.4 is 9.80 Å². The van der Waals surface area contributed by atoms with Gasteiger partial charge in [-0.05, 0) is 76.9 Å². The minimum absolute atomic E-state index is 0.280. The molecule has 1 amide bonds. The molecule has 5 nitrogen and oxygen atoms in total. The molecule has 6 heteroatoms. The minimum atomic E-state index is -1.05. The lowest BCUT2D eigenvalue weighted by atomic mass is 10.0. The summed E-state index contributed by atoms with van der Waals surface area (Å²) in [4.78, 5) is 28.1. The average molecular weight is 495 g/mol. The van der Waals surface area contributed by atoms with Crippen molar-refractivity contribution in [2.75, 3.05) is 23.9 Å². The molecule has 0 unspecified atom stereocenters. The number of hydrogen-bond donors (Lipinski definition) is 1.